The number of benzene rings is 1. The van der Waals surface area contributed by atoms with Crippen molar-refractivity contribution < 1.29 is 14.3 Å². The Morgan fingerprint density at radius 1 is 0.875 bits per heavy atom. The van der Waals surface area contributed by atoms with E-state index in [0.717, 1.165) is 50.7 Å². The lowest BCUT2D eigenvalue weighted by Gasteiger charge is -2.08. The predicted octanol–water partition coefficient (Wildman–Crippen LogP) is 3.89. The van der Waals surface area contributed by atoms with Crippen molar-refractivity contribution in [2.75, 3.05) is 18.5 Å². The highest BCUT2D eigenvalue weighted by Gasteiger charge is 2.12. The molecule has 2 N–H and O–H groups in total. The van der Waals surface area contributed by atoms with Gasteiger partial charge in [0.1, 0.15) is 5.75 Å². The van der Waals surface area contributed by atoms with Crippen molar-refractivity contribution in [2.45, 2.75) is 58.8 Å². The maximum Gasteiger partial charge on any atom is 0.313 e. The lowest BCUT2D eigenvalue weighted by molar-refractivity contribution is -0.136. The summed E-state index contributed by atoms with van der Waals surface area (Å²) >= 11 is 0. The normalized spacial score (nSPS) is 10.2. The number of nitrogens with one attached hydrogen (secondary N) is 2. The molecule has 0 aliphatic heterocycles. The van der Waals surface area contributed by atoms with E-state index in [1.165, 1.54) is 0 Å². The summed E-state index contributed by atoms with van der Waals surface area (Å²) in [6.45, 7) is 5.52. The molecule has 0 atom stereocenters. The molecule has 0 bridgehead atoms. The Bertz CT molecular complexity index is 486. The van der Waals surface area contributed by atoms with Gasteiger partial charge in [0.15, 0.2) is 0 Å². The third-order valence-corrected chi connectivity index (χ3v) is 3.65. The largest absolute Gasteiger partial charge is 0.494 e. The van der Waals surface area contributed by atoms with E-state index < -0.39 is 11.8 Å². The highest BCUT2D eigenvalue weighted by molar-refractivity contribution is 6.39. The number of amides is 2. The Kier molecular flexibility index (Phi) is 10.3. The van der Waals surface area contributed by atoms with Crippen molar-refractivity contribution in [3.05, 3.63) is 24.3 Å². The van der Waals surface area contributed by atoms with Gasteiger partial charge in [-0.15, -0.1) is 0 Å². The Morgan fingerprint density at radius 3 is 2.21 bits per heavy atom. The Balaban J connectivity index is 2.29. The molecule has 0 saturated heterocycles. The molecule has 0 aliphatic rings. The van der Waals surface area contributed by atoms with Crippen molar-refractivity contribution in [1.82, 2.24) is 5.32 Å². The van der Waals surface area contributed by atoms with Crippen LogP contribution in [0.15, 0.2) is 24.3 Å². The topological polar surface area (TPSA) is 67.4 Å². The summed E-state index contributed by atoms with van der Waals surface area (Å²) in [6, 6.07) is 7.07. The van der Waals surface area contributed by atoms with Crippen LogP contribution in [0.1, 0.15) is 58.8 Å². The first-order valence-electron chi connectivity index (χ1n) is 8.99. The first kappa shape index (κ1) is 20.0. The van der Waals surface area contributed by atoms with Crippen LogP contribution in [0.2, 0.25) is 0 Å². The zero-order valence-corrected chi connectivity index (χ0v) is 14.9. The number of carbonyl (C=O) groups excluding carboxylic acids is 2. The molecule has 0 radical (unpaired) electrons. The van der Waals surface area contributed by atoms with Gasteiger partial charge in [0, 0.05) is 12.2 Å². The van der Waals surface area contributed by atoms with Crippen molar-refractivity contribution in [1.29, 1.82) is 0 Å². The van der Waals surface area contributed by atoms with Crippen molar-refractivity contribution in [3.63, 3.8) is 0 Å². The standard InChI is InChI=1S/C19H30N2O3/c1-3-5-7-8-14-20-18(22)19(23)21-16-10-12-17(13-11-16)24-15-9-6-4-2/h10-13H,3-9,14-15H2,1-2H3,(H,20,22)(H,21,23). The number of hydrogen-bond donors (Lipinski definition) is 2. The Morgan fingerprint density at radius 2 is 1.54 bits per heavy atom. The van der Waals surface area contributed by atoms with Gasteiger partial charge in [-0.1, -0.05) is 46.0 Å². The van der Waals surface area contributed by atoms with Gasteiger partial charge in [0.05, 0.1) is 6.61 Å². The first-order chi connectivity index (χ1) is 11.7. The fourth-order valence-electron chi connectivity index (χ4n) is 2.20. The second-order valence-corrected chi connectivity index (χ2v) is 5.85. The molecule has 24 heavy (non-hydrogen) atoms. The zero-order chi connectivity index (χ0) is 17.6. The number of anilines is 1. The summed E-state index contributed by atoms with van der Waals surface area (Å²) in [4.78, 5) is 23.5. The van der Waals surface area contributed by atoms with E-state index in [0.29, 0.717) is 18.8 Å². The molecule has 5 nitrogen and oxygen atoms in total. The monoisotopic (exact) mass is 334 g/mol. The molecule has 0 heterocycles. The van der Waals surface area contributed by atoms with Gasteiger partial charge in [0.25, 0.3) is 0 Å². The van der Waals surface area contributed by atoms with Crippen LogP contribution in [0.3, 0.4) is 0 Å². The number of hydrogen-bond acceptors (Lipinski definition) is 3. The summed E-state index contributed by atoms with van der Waals surface area (Å²) in [5, 5.41) is 5.23. The van der Waals surface area contributed by atoms with Crippen molar-refractivity contribution >= 4 is 17.5 Å². The lowest BCUT2D eigenvalue weighted by Crippen LogP contribution is -2.35. The molecule has 5 heteroatoms. The predicted molar refractivity (Wildman–Crippen MR) is 97.2 cm³/mol. The summed E-state index contributed by atoms with van der Waals surface area (Å²) in [5.41, 5.74) is 0.585. The van der Waals surface area contributed by atoms with Crippen LogP contribution in [0, 0.1) is 0 Å². The Hall–Kier alpha value is -2.04. The minimum absolute atomic E-state index is 0.538. The highest BCUT2D eigenvalue weighted by atomic mass is 16.5. The summed E-state index contributed by atoms with van der Waals surface area (Å²) in [6.07, 6.45) is 7.61. The zero-order valence-electron chi connectivity index (χ0n) is 14.9. The summed E-state index contributed by atoms with van der Waals surface area (Å²) in [7, 11) is 0. The smallest absolute Gasteiger partial charge is 0.313 e. The second kappa shape index (κ2) is 12.4. The van der Waals surface area contributed by atoms with Gasteiger partial charge >= 0.3 is 11.8 Å². The third kappa shape index (κ3) is 8.56. The van der Waals surface area contributed by atoms with E-state index in [-0.39, 0.29) is 0 Å². The van der Waals surface area contributed by atoms with Crippen molar-refractivity contribution in [2.24, 2.45) is 0 Å². The second-order valence-electron chi connectivity index (χ2n) is 5.85. The van der Waals surface area contributed by atoms with Gasteiger partial charge in [-0.3, -0.25) is 9.59 Å². The number of ether oxygens (including phenoxy) is 1. The lowest BCUT2D eigenvalue weighted by atomic mass is 10.2. The molecule has 0 aliphatic carbocycles. The SMILES string of the molecule is CCCCCCNC(=O)C(=O)Nc1ccc(OCCCCC)cc1. The molecule has 0 spiro atoms. The van der Waals surface area contributed by atoms with Gasteiger partial charge in [-0.25, -0.2) is 0 Å². The average Bonchev–Trinajstić information content (AvgIpc) is 2.59. The molecule has 1 aromatic rings. The third-order valence-electron chi connectivity index (χ3n) is 3.65. The van der Waals surface area contributed by atoms with Crippen LogP contribution >= 0.6 is 0 Å². The first-order valence-corrected chi connectivity index (χ1v) is 8.99. The molecule has 0 aromatic heterocycles. The molecular weight excluding hydrogens is 304 g/mol. The number of rotatable bonds is 11. The number of carbonyl (C=O) groups is 2. The summed E-state index contributed by atoms with van der Waals surface area (Å²) in [5.74, 6) is -0.460. The molecule has 0 unspecified atom stereocenters. The van der Waals surface area contributed by atoms with Crippen LogP contribution in [0.4, 0.5) is 5.69 Å². The van der Waals surface area contributed by atoms with E-state index in [2.05, 4.69) is 24.5 Å². The fourth-order valence-corrected chi connectivity index (χ4v) is 2.20. The molecule has 1 rings (SSSR count). The molecule has 1 aromatic carbocycles. The van der Waals surface area contributed by atoms with Crippen LogP contribution in [0.25, 0.3) is 0 Å². The minimum atomic E-state index is -0.637. The highest BCUT2D eigenvalue weighted by Crippen LogP contribution is 2.16. The quantitative estimate of drug-likeness (QED) is 0.476. The molecule has 0 fully saturated rings. The maximum atomic E-state index is 11.8. The van der Waals surface area contributed by atoms with Crippen LogP contribution < -0.4 is 15.4 Å². The van der Waals surface area contributed by atoms with E-state index in [4.69, 9.17) is 4.74 Å². The van der Waals surface area contributed by atoms with Crippen molar-refractivity contribution in [3.8, 4) is 5.75 Å². The maximum absolute atomic E-state index is 11.8. The number of unbranched alkanes of at least 4 members (excludes halogenated alkanes) is 5. The van der Waals surface area contributed by atoms with Gasteiger partial charge in [-0.05, 0) is 37.1 Å². The summed E-state index contributed by atoms with van der Waals surface area (Å²) < 4.78 is 5.61. The van der Waals surface area contributed by atoms with Gasteiger partial charge in [-0.2, -0.15) is 0 Å². The Labute approximate surface area is 145 Å². The fraction of sp³-hybridized carbons (Fsp3) is 0.579. The minimum Gasteiger partial charge on any atom is -0.494 e. The van der Waals surface area contributed by atoms with E-state index in [1.54, 1.807) is 24.3 Å². The molecular formula is C19H30N2O3. The average molecular weight is 334 g/mol. The van der Waals surface area contributed by atoms with Gasteiger partial charge in [0.2, 0.25) is 0 Å². The van der Waals surface area contributed by atoms with E-state index >= 15 is 0 Å². The van der Waals surface area contributed by atoms with E-state index in [9.17, 15) is 9.59 Å². The van der Waals surface area contributed by atoms with Crippen LogP contribution in [-0.4, -0.2) is 25.0 Å². The van der Waals surface area contributed by atoms with Crippen LogP contribution in [-0.2, 0) is 9.59 Å². The molecule has 2 amide bonds. The van der Waals surface area contributed by atoms with Crippen LogP contribution in [0.5, 0.6) is 5.75 Å². The molecule has 134 valence electrons. The van der Waals surface area contributed by atoms with E-state index in [1.807, 2.05) is 0 Å². The molecule has 0 saturated carbocycles. The van der Waals surface area contributed by atoms with Gasteiger partial charge < -0.3 is 15.4 Å².